The van der Waals surface area contributed by atoms with Crippen molar-refractivity contribution in [2.24, 2.45) is 10.9 Å². The summed E-state index contributed by atoms with van der Waals surface area (Å²) in [4.78, 5) is 30.6. The van der Waals surface area contributed by atoms with Crippen LogP contribution < -0.4 is 0 Å². The van der Waals surface area contributed by atoms with Crippen molar-refractivity contribution < 1.29 is 24.5 Å². The highest BCUT2D eigenvalue weighted by Gasteiger charge is 2.32. The number of nitrogens with zero attached hydrogens (tertiary/aromatic N) is 2. The van der Waals surface area contributed by atoms with Crippen LogP contribution in [0, 0.1) is 12.8 Å². The summed E-state index contributed by atoms with van der Waals surface area (Å²) in [6.07, 6.45) is 2.30. The molecule has 0 radical (unpaired) electrons. The van der Waals surface area contributed by atoms with Gasteiger partial charge in [-0.15, -0.1) is 0 Å². The van der Waals surface area contributed by atoms with Crippen LogP contribution in [-0.2, 0) is 16.1 Å². The molecule has 2 aromatic carbocycles. The molecule has 8 heteroatoms. The smallest absolute Gasteiger partial charge is 0.339 e. The quantitative estimate of drug-likeness (QED) is 0.410. The summed E-state index contributed by atoms with van der Waals surface area (Å²) in [6, 6.07) is 8.84. The van der Waals surface area contributed by atoms with Crippen molar-refractivity contribution in [3.63, 3.8) is 0 Å². The molecule has 0 amide bonds. The van der Waals surface area contributed by atoms with Gasteiger partial charge in [0, 0.05) is 23.8 Å². The molecule has 3 rings (SSSR count). The Labute approximate surface area is 202 Å². The van der Waals surface area contributed by atoms with Gasteiger partial charge in [0.25, 0.3) is 0 Å². The first-order valence-electron chi connectivity index (χ1n) is 10.8. The normalized spacial score (nSPS) is 16.9. The van der Waals surface area contributed by atoms with E-state index in [1.165, 1.54) is 6.07 Å². The Balaban J connectivity index is 1.81. The Morgan fingerprint density at radius 3 is 2.70 bits per heavy atom. The number of aromatic carboxylic acids is 1. The topological polar surface area (TPSA) is 99.4 Å². The van der Waals surface area contributed by atoms with Crippen molar-refractivity contribution >= 4 is 39.8 Å². The molecular formula is C25H29BrN2O5. The van der Waals surface area contributed by atoms with Crippen LogP contribution in [0.15, 0.2) is 39.8 Å². The van der Waals surface area contributed by atoms with Crippen LogP contribution in [-0.4, -0.2) is 52.0 Å². The van der Waals surface area contributed by atoms with E-state index in [9.17, 15) is 19.8 Å². The van der Waals surface area contributed by atoms with Crippen molar-refractivity contribution in [1.82, 2.24) is 4.90 Å². The van der Waals surface area contributed by atoms with Crippen molar-refractivity contribution in [2.75, 3.05) is 13.1 Å². The molecule has 1 heterocycles. The lowest BCUT2D eigenvalue weighted by atomic mass is 10.1. The highest BCUT2D eigenvalue weighted by molar-refractivity contribution is 9.10. The Bertz CT molecular complexity index is 1090. The summed E-state index contributed by atoms with van der Waals surface area (Å²) in [5.41, 5.74) is 2.00. The zero-order valence-corrected chi connectivity index (χ0v) is 20.8. The molecule has 0 spiro atoms. The third kappa shape index (κ3) is 6.42. The monoisotopic (exact) mass is 516 g/mol. The number of halogens is 1. The van der Waals surface area contributed by atoms with Gasteiger partial charge in [-0.1, -0.05) is 28.1 Å². The number of hydrogen-bond donors (Lipinski definition) is 2. The lowest BCUT2D eigenvalue weighted by Crippen LogP contribution is -2.30. The van der Waals surface area contributed by atoms with E-state index in [0.717, 1.165) is 15.6 Å². The van der Waals surface area contributed by atoms with E-state index in [1.54, 1.807) is 12.3 Å². The minimum Gasteiger partial charge on any atom is -0.505 e. The van der Waals surface area contributed by atoms with E-state index >= 15 is 0 Å². The molecule has 176 valence electrons. The lowest BCUT2D eigenvalue weighted by Gasteiger charge is -2.22. The molecule has 1 saturated heterocycles. The summed E-state index contributed by atoms with van der Waals surface area (Å²) >= 11 is 3.48. The van der Waals surface area contributed by atoms with Crippen LogP contribution in [0.3, 0.4) is 0 Å². The first kappa shape index (κ1) is 24.9. The second-order valence-corrected chi connectivity index (χ2v) is 10.1. The summed E-state index contributed by atoms with van der Waals surface area (Å²) < 4.78 is 6.43. The number of aromatic hydroxyl groups is 1. The minimum absolute atomic E-state index is 0.187. The van der Waals surface area contributed by atoms with Crippen LogP contribution in [0.5, 0.6) is 5.75 Å². The number of carboxylic acids is 1. The Hall–Kier alpha value is -2.71. The van der Waals surface area contributed by atoms with Crippen molar-refractivity contribution in [2.45, 2.75) is 46.3 Å². The maximum absolute atomic E-state index is 12.4. The highest BCUT2D eigenvalue weighted by atomic mass is 79.9. The average Bonchev–Trinajstić information content (AvgIpc) is 3.18. The van der Waals surface area contributed by atoms with Crippen LogP contribution in [0.25, 0.3) is 0 Å². The maximum atomic E-state index is 12.4. The largest absolute Gasteiger partial charge is 0.505 e. The SMILES string of the molecule is Cc1c(Br)cccc1/C=N/c1cc(CN2CC[C@@H](C(=O)OC(C)(C)C)C2)cc(C(=O)O)c1O. The second kappa shape index (κ2) is 10.1. The van der Waals surface area contributed by atoms with Gasteiger partial charge in [-0.25, -0.2) is 4.79 Å². The summed E-state index contributed by atoms with van der Waals surface area (Å²) in [7, 11) is 0. The highest BCUT2D eigenvalue weighted by Crippen LogP contribution is 2.33. The van der Waals surface area contributed by atoms with Crippen molar-refractivity contribution in [3.8, 4) is 5.75 Å². The lowest BCUT2D eigenvalue weighted by molar-refractivity contribution is -0.159. The number of carbonyl (C=O) groups excluding carboxylic acids is 1. The number of phenols is 1. The van der Waals surface area contributed by atoms with E-state index in [1.807, 2.05) is 45.9 Å². The third-order valence-electron chi connectivity index (χ3n) is 5.45. The van der Waals surface area contributed by atoms with Crippen LogP contribution in [0.4, 0.5) is 5.69 Å². The molecule has 0 unspecified atom stereocenters. The summed E-state index contributed by atoms with van der Waals surface area (Å²) in [5, 5.41) is 20.1. The van der Waals surface area contributed by atoms with Gasteiger partial charge in [0.2, 0.25) is 0 Å². The van der Waals surface area contributed by atoms with Crippen LogP contribution >= 0.6 is 15.9 Å². The fraction of sp³-hybridized carbons (Fsp3) is 0.400. The predicted octanol–water partition coefficient (Wildman–Crippen LogP) is 5.08. The fourth-order valence-corrected chi connectivity index (χ4v) is 4.13. The molecule has 0 aliphatic carbocycles. The van der Waals surface area contributed by atoms with Gasteiger partial charge in [0.1, 0.15) is 16.9 Å². The summed E-state index contributed by atoms with van der Waals surface area (Å²) in [5.74, 6) is -2.02. The number of carbonyl (C=O) groups is 2. The number of benzene rings is 2. The molecule has 0 aromatic heterocycles. The fourth-order valence-electron chi connectivity index (χ4n) is 3.75. The van der Waals surface area contributed by atoms with E-state index in [0.29, 0.717) is 31.6 Å². The van der Waals surface area contributed by atoms with Gasteiger partial charge in [-0.3, -0.25) is 14.7 Å². The van der Waals surface area contributed by atoms with E-state index < -0.39 is 11.6 Å². The van der Waals surface area contributed by atoms with Crippen molar-refractivity contribution in [3.05, 3.63) is 57.1 Å². The zero-order chi connectivity index (χ0) is 24.3. The molecule has 7 nitrogen and oxygen atoms in total. The molecule has 33 heavy (non-hydrogen) atoms. The first-order valence-corrected chi connectivity index (χ1v) is 11.6. The average molecular weight is 517 g/mol. The van der Waals surface area contributed by atoms with Gasteiger partial charge >= 0.3 is 11.9 Å². The molecule has 1 fully saturated rings. The standard InChI is InChI=1S/C25H29BrN2O5/c1-15-17(6-5-7-20(15)26)12-27-21-11-16(10-19(22(21)29)23(30)31)13-28-9-8-18(14-28)24(32)33-25(2,3)4/h5-7,10-12,18,29H,8-9,13-14H2,1-4H3,(H,30,31)/b27-12+/t18-/m1/s1. The molecule has 0 saturated carbocycles. The van der Waals surface area contributed by atoms with E-state index in [-0.39, 0.29) is 28.9 Å². The Kier molecular flexibility index (Phi) is 7.59. The second-order valence-electron chi connectivity index (χ2n) is 9.28. The number of carboxylic acid groups (broad SMARTS) is 1. The molecule has 0 bridgehead atoms. The molecule has 1 aliphatic heterocycles. The van der Waals surface area contributed by atoms with E-state index in [4.69, 9.17) is 4.74 Å². The number of likely N-dealkylation sites (tertiary alicyclic amines) is 1. The minimum atomic E-state index is -1.22. The summed E-state index contributed by atoms with van der Waals surface area (Å²) in [6.45, 7) is 9.16. The predicted molar refractivity (Wildman–Crippen MR) is 130 cm³/mol. The molecule has 1 aliphatic rings. The molecule has 2 N–H and O–H groups in total. The molecule has 1 atom stereocenters. The third-order valence-corrected chi connectivity index (χ3v) is 6.31. The van der Waals surface area contributed by atoms with Crippen LogP contribution in [0.2, 0.25) is 0 Å². The number of esters is 1. The zero-order valence-electron chi connectivity index (χ0n) is 19.3. The number of aliphatic imine (C=N–C) groups is 1. The number of hydrogen-bond acceptors (Lipinski definition) is 6. The maximum Gasteiger partial charge on any atom is 0.339 e. The number of rotatable bonds is 6. The van der Waals surface area contributed by atoms with Gasteiger partial charge in [0.15, 0.2) is 5.75 Å². The molecule has 2 aromatic rings. The first-order chi connectivity index (χ1) is 15.4. The van der Waals surface area contributed by atoms with Crippen LogP contribution in [0.1, 0.15) is 54.2 Å². The Morgan fingerprint density at radius 2 is 2.03 bits per heavy atom. The van der Waals surface area contributed by atoms with Gasteiger partial charge in [-0.2, -0.15) is 0 Å². The molecular weight excluding hydrogens is 488 g/mol. The van der Waals surface area contributed by atoms with Crippen molar-refractivity contribution in [1.29, 1.82) is 0 Å². The van der Waals surface area contributed by atoms with Gasteiger partial charge in [0.05, 0.1) is 5.92 Å². The Morgan fingerprint density at radius 1 is 1.30 bits per heavy atom. The van der Waals surface area contributed by atoms with Gasteiger partial charge in [-0.05, 0) is 75.5 Å². The van der Waals surface area contributed by atoms with E-state index in [2.05, 4.69) is 25.8 Å². The number of ether oxygens (including phenoxy) is 1. The van der Waals surface area contributed by atoms with Gasteiger partial charge < -0.3 is 14.9 Å².